The monoisotopic (exact) mass is 154 g/mol. The van der Waals surface area contributed by atoms with Crippen LogP contribution in [0.1, 0.15) is 11.8 Å². The fourth-order valence-electron chi connectivity index (χ4n) is 1.01. The van der Waals surface area contributed by atoms with Crippen LogP contribution in [0.2, 0.25) is 0 Å². The van der Waals surface area contributed by atoms with E-state index in [1.165, 1.54) is 4.88 Å². The Labute approximate surface area is 64.6 Å². The number of ether oxygens (including phenoxy) is 1. The second kappa shape index (κ2) is 2.07. The quantitative estimate of drug-likeness (QED) is 0.594. The van der Waals surface area contributed by atoms with E-state index >= 15 is 0 Å². The van der Waals surface area contributed by atoms with Crippen molar-refractivity contribution in [3.8, 4) is 0 Å². The Balaban J connectivity index is 2.04. The van der Waals surface area contributed by atoms with Gasteiger partial charge in [0.05, 0.1) is 12.2 Å². The number of thiophene rings is 1. The van der Waals surface area contributed by atoms with Crippen molar-refractivity contribution in [2.75, 3.05) is 6.61 Å². The summed E-state index contributed by atoms with van der Waals surface area (Å²) in [6.45, 7) is 3.09. The maximum Gasteiger partial charge on any atom is 0.0936 e. The first kappa shape index (κ1) is 6.38. The van der Waals surface area contributed by atoms with Crippen LogP contribution in [0.4, 0.5) is 0 Å². The van der Waals surface area contributed by atoms with Crippen molar-refractivity contribution in [2.24, 2.45) is 0 Å². The van der Waals surface area contributed by atoms with Crippen molar-refractivity contribution < 1.29 is 4.74 Å². The van der Waals surface area contributed by atoms with Gasteiger partial charge in [-0.3, -0.25) is 0 Å². The molecular formula is C8H10OS. The zero-order valence-electron chi connectivity index (χ0n) is 5.96. The molecule has 1 aromatic heterocycles. The molecule has 54 valence electrons. The first-order valence-electron chi connectivity index (χ1n) is 3.45. The number of epoxide rings is 1. The first-order chi connectivity index (χ1) is 4.79. The van der Waals surface area contributed by atoms with E-state index in [-0.39, 0.29) is 5.60 Å². The van der Waals surface area contributed by atoms with Gasteiger partial charge in [0, 0.05) is 11.3 Å². The van der Waals surface area contributed by atoms with E-state index in [4.69, 9.17) is 4.74 Å². The van der Waals surface area contributed by atoms with Crippen molar-refractivity contribution in [3.63, 3.8) is 0 Å². The summed E-state index contributed by atoms with van der Waals surface area (Å²) in [5.41, 5.74) is 0.185. The third-order valence-electron chi connectivity index (χ3n) is 1.77. The predicted octanol–water partition coefficient (Wildman–Crippen LogP) is 2.08. The Hall–Kier alpha value is -0.340. The zero-order chi connectivity index (χ0) is 7.03. The molecule has 1 atom stereocenters. The minimum absolute atomic E-state index is 0.185. The van der Waals surface area contributed by atoms with Gasteiger partial charge in [-0.25, -0.2) is 0 Å². The van der Waals surface area contributed by atoms with Crippen molar-refractivity contribution in [1.82, 2.24) is 0 Å². The van der Waals surface area contributed by atoms with E-state index in [9.17, 15) is 0 Å². The molecule has 1 fully saturated rings. The highest BCUT2D eigenvalue weighted by Crippen LogP contribution is 2.31. The van der Waals surface area contributed by atoms with Gasteiger partial charge in [0.15, 0.2) is 0 Å². The van der Waals surface area contributed by atoms with Crippen LogP contribution in [0.5, 0.6) is 0 Å². The highest BCUT2D eigenvalue weighted by Gasteiger charge is 2.39. The number of hydrogen-bond acceptors (Lipinski definition) is 2. The summed E-state index contributed by atoms with van der Waals surface area (Å²) in [4.78, 5) is 1.43. The fourth-order valence-corrected chi connectivity index (χ4v) is 1.88. The van der Waals surface area contributed by atoms with E-state index < -0.39 is 0 Å². The molecule has 0 amide bonds. The molecule has 0 bridgehead atoms. The maximum absolute atomic E-state index is 5.28. The Morgan fingerprint density at radius 3 is 3.10 bits per heavy atom. The second-order valence-corrected chi connectivity index (χ2v) is 4.03. The standard InChI is InChI=1S/C8H10OS/c1-8(6-9-8)5-7-3-2-4-10-7/h2-4H,5-6H2,1H3. The molecule has 0 aromatic carbocycles. The van der Waals surface area contributed by atoms with Crippen LogP contribution < -0.4 is 0 Å². The van der Waals surface area contributed by atoms with Crippen LogP contribution in [-0.2, 0) is 11.2 Å². The highest BCUT2D eigenvalue weighted by atomic mass is 32.1. The van der Waals surface area contributed by atoms with Crippen LogP contribution in [0.15, 0.2) is 17.5 Å². The lowest BCUT2D eigenvalue weighted by atomic mass is 10.1. The third-order valence-corrected chi connectivity index (χ3v) is 2.64. The SMILES string of the molecule is CC1(Cc2cccs2)CO1. The average molecular weight is 154 g/mol. The summed E-state index contributed by atoms with van der Waals surface area (Å²) >= 11 is 1.81. The minimum atomic E-state index is 0.185. The van der Waals surface area contributed by atoms with E-state index in [0.717, 1.165) is 13.0 Å². The molecule has 0 radical (unpaired) electrons. The van der Waals surface area contributed by atoms with Crippen LogP contribution in [-0.4, -0.2) is 12.2 Å². The lowest BCUT2D eigenvalue weighted by Gasteiger charge is -1.99. The van der Waals surface area contributed by atoms with Gasteiger partial charge in [-0.2, -0.15) is 0 Å². The third kappa shape index (κ3) is 1.22. The smallest absolute Gasteiger partial charge is 0.0936 e. The summed E-state index contributed by atoms with van der Waals surface area (Å²) < 4.78 is 5.28. The molecule has 1 saturated heterocycles. The van der Waals surface area contributed by atoms with Gasteiger partial charge < -0.3 is 4.74 Å². The second-order valence-electron chi connectivity index (χ2n) is 2.99. The average Bonchev–Trinajstić information content (AvgIpc) is 2.47. The Bertz CT molecular complexity index is 211. The van der Waals surface area contributed by atoms with E-state index in [2.05, 4.69) is 24.4 Å². The summed E-state index contributed by atoms with van der Waals surface area (Å²) in [7, 11) is 0. The summed E-state index contributed by atoms with van der Waals surface area (Å²) in [5.74, 6) is 0. The Kier molecular flexibility index (Phi) is 1.32. The highest BCUT2D eigenvalue weighted by molar-refractivity contribution is 7.09. The number of rotatable bonds is 2. The van der Waals surface area contributed by atoms with Crippen LogP contribution in [0.3, 0.4) is 0 Å². The zero-order valence-corrected chi connectivity index (χ0v) is 6.78. The topological polar surface area (TPSA) is 12.5 Å². The van der Waals surface area contributed by atoms with Gasteiger partial charge in [-0.05, 0) is 18.4 Å². The molecule has 1 aliphatic rings. The van der Waals surface area contributed by atoms with Gasteiger partial charge in [0.1, 0.15) is 0 Å². The normalized spacial score (nSPS) is 30.5. The van der Waals surface area contributed by atoms with Crippen molar-refractivity contribution in [3.05, 3.63) is 22.4 Å². The number of hydrogen-bond donors (Lipinski definition) is 0. The molecule has 0 aliphatic carbocycles. The van der Waals surface area contributed by atoms with Gasteiger partial charge in [0.25, 0.3) is 0 Å². The summed E-state index contributed by atoms with van der Waals surface area (Å²) in [6.07, 6.45) is 1.09. The minimum Gasteiger partial charge on any atom is -0.370 e. The molecule has 1 nitrogen and oxygen atoms in total. The molecule has 2 heterocycles. The maximum atomic E-state index is 5.28. The van der Waals surface area contributed by atoms with Crippen LogP contribution in [0.25, 0.3) is 0 Å². The Morgan fingerprint density at radius 2 is 2.60 bits per heavy atom. The lowest BCUT2D eigenvalue weighted by Crippen LogP contribution is -2.06. The van der Waals surface area contributed by atoms with Crippen molar-refractivity contribution in [1.29, 1.82) is 0 Å². The summed E-state index contributed by atoms with van der Waals surface area (Å²) in [5, 5.41) is 2.11. The van der Waals surface area contributed by atoms with Crippen molar-refractivity contribution in [2.45, 2.75) is 18.9 Å². The lowest BCUT2D eigenvalue weighted by molar-refractivity contribution is 0.323. The van der Waals surface area contributed by atoms with Crippen molar-refractivity contribution >= 4 is 11.3 Å². The van der Waals surface area contributed by atoms with Gasteiger partial charge in [0.2, 0.25) is 0 Å². The molecular weight excluding hydrogens is 144 g/mol. The van der Waals surface area contributed by atoms with Crippen LogP contribution in [0, 0.1) is 0 Å². The van der Waals surface area contributed by atoms with Gasteiger partial charge in [-0.15, -0.1) is 11.3 Å². The molecule has 0 saturated carbocycles. The molecule has 1 aromatic rings. The molecule has 0 N–H and O–H groups in total. The Morgan fingerprint density at radius 1 is 1.80 bits per heavy atom. The van der Waals surface area contributed by atoms with Crippen LogP contribution >= 0.6 is 11.3 Å². The molecule has 2 rings (SSSR count). The molecule has 10 heavy (non-hydrogen) atoms. The predicted molar refractivity (Wildman–Crippen MR) is 42.4 cm³/mol. The van der Waals surface area contributed by atoms with Gasteiger partial charge >= 0.3 is 0 Å². The van der Waals surface area contributed by atoms with E-state index in [0.29, 0.717) is 0 Å². The molecule has 2 heteroatoms. The molecule has 1 unspecified atom stereocenters. The molecule has 1 aliphatic heterocycles. The van der Waals surface area contributed by atoms with E-state index in [1.807, 2.05) is 11.3 Å². The van der Waals surface area contributed by atoms with E-state index in [1.54, 1.807) is 0 Å². The fraction of sp³-hybridized carbons (Fsp3) is 0.500. The summed E-state index contributed by atoms with van der Waals surface area (Å²) in [6, 6.07) is 4.25. The largest absolute Gasteiger partial charge is 0.370 e. The molecule has 0 spiro atoms. The first-order valence-corrected chi connectivity index (χ1v) is 4.33. The van der Waals surface area contributed by atoms with Gasteiger partial charge in [-0.1, -0.05) is 6.07 Å².